The van der Waals surface area contributed by atoms with Crippen LogP contribution in [0.5, 0.6) is 5.75 Å². The zero-order valence-corrected chi connectivity index (χ0v) is 15.7. The Labute approximate surface area is 154 Å². The highest BCUT2D eigenvalue weighted by Crippen LogP contribution is 2.30. The number of carbonyl (C=O) groups is 1. The Morgan fingerprint density at radius 2 is 2.00 bits per heavy atom. The van der Waals surface area contributed by atoms with Gasteiger partial charge in [-0.3, -0.25) is 4.98 Å². The first kappa shape index (κ1) is 18.2. The maximum absolute atomic E-state index is 12.2. The van der Waals surface area contributed by atoms with Crippen molar-refractivity contribution >= 4 is 22.9 Å². The second-order valence-corrected chi connectivity index (χ2v) is 7.56. The molecule has 0 N–H and O–H groups in total. The number of likely N-dealkylation sites (tertiary alicyclic amines) is 1. The van der Waals surface area contributed by atoms with E-state index in [0.717, 1.165) is 34.9 Å². The van der Waals surface area contributed by atoms with Crippen LogP contribution in [0.3, 0.4) is 0 Å². The fourth-order valence-corrected chi connectivity index (χ4v) is 3.15. The Bertz CT molecular complexity index is 802. The van der Waals surface area contributed by atoms with Gasteiger partial charge < -0.3 is 14.4 Å². The van der Waals surface area contributed by atoms with Gasteiger partial charge in [0.25, 0.3) is 0 Å². The molecule has 0 atom stereocenters. The molecule has 1 amide bonds. The van der Waals surface area contributed by atoms with Crippen molar-refractivity contribution in [3.8, 4) is 5.75 Å². The molecule has 1 aromatic heterocycles. The summed E-state index contributed by atoms with van der Waals surface area (Å²) in [6, 6.07) is 5.96. The smallest absolute Gasteiger partial charge is 0.410 e. The molecule has 0 unspecified atom stereocenters. The molecular formula is C21H26N2O3. The van der Waals surface area contributed by atoms with Crippen molar-refractivity contribution in [2.75, 3.05) is 13.1 Å². The van der Waals surface area contributed by atoms with E-state index >= 15 is 0 Å². The van der Waals surface area contributed by atoms with Gasteiger partial charge in [0.2, 0.25) is 0 Å². The topological polar surface area (TPSA) is 51.7 Å². The van der Waals surface area contributed by atoms with Crippen LogP contribution in [0.15, 0.2) is 37.2 Å². The molecule has 1 fully saturated rings. The molecule has 5 heteroatoms. The zero-order chi connectivity index (χ0) is 18.7. The van der Waals surface area contributed by atoms with E-state index in [0.29, 0.717) is 13.1 Å². The Balaban J connectivity index is 1.66. The Morgan fingerprint density at radius 1 is 1.27 bits per heavy atom. The SMILES string of the molecule is C=Cc1c(OC2CCN(C(=O)OC(C)(C)C)CC2)ccc2cnccc12. The van der Waals surface area contributed by atoms with Crippen LogP contribution in [0.25, 0.3) is 16.8 Å². The molecule has 0 bridgehead atoms. The van der Waals surface area contributed by atoms with E-state index in [9.17, 15) is 4.79 Å². The van der Waals surface area contributed by atoms with Crippen LogP contribution < -0.4 is 4.74 Å². The van der Waals surface area contributed by atoms with Crippen molar-refractivity contribution in [1.82, 2.24) is 9.88 Å². The average Bonchev–Trinajstić information content (AvgIpc) is 2.60. The molecule has 0 radical (unpaired) electrons. The van der Waals surface area contributed by atoms with Gasteiger partial charge in [-0.1, -0.05) is 12.7 Å². The standard InChI is InChI=1S/C21H26N2O3/c1-5-17-18-8-11-22-14-15(18)6-7-19(17)25-16-9-12-23(13-10-16)20(24)26-21(2,3)4/h5-8,11,14,16H,1,9-10,12-13H2,2-4H3. The number of piperidine rings is 1. The summed E-state index contributed by atoms with van der Waals surface area (Å²) in [4.78, 5) is 18.1. The predicted molar refractivity (Wildman–Crippen MR) is 103 cm³/mol. The van der Waals surface area contributed by atoms with Gasteiger partial charge in [-0.15, -0.1) is 0 Å². The molecular weight excluding hydrogens is 328 g/mol. The highest BCUT2D eigenvalue weighted by Gasteiger charge is 2.28. The van der Waals surface area contributed by atoms with E-state index in [1.807, 2.05) is 51.2 Å². The average molecular weight is 354 g/mol. The maximum Gasteiger partial charge on any atom is 0.410 e. The van der Waals surface area contributed by atoms with Gasteiger partial charge in [0, 0.05) is 49.3 Å². The lowest BCUT2D eigenvalue weighted by Crippen LogP contribution is -2.44. The first-order valence-electron chi connectivity index (χ1n) is 9.01. The number of nitrogens with zero attached hydrogens (tertiary/aromatic N) is 2. The summed E-state index contributed by atoms with van der Waals surface area (Å²) in [7, 11) is 0. The number of amides is 1. The largest absolute Gasteiger partial charge is 0.490 e. The third kappa shape index (κ3) is 4.15. The maximum atomic E-state index is 12.2. The summed E-state index contributed by atoms with van der Waals surface area (Å²) in [6.07, 6.45) is 6.83. The van der Waals surface area contributed by atoms with Crippen LogP contribution in [0, 0.1) is 0 Å². The van der Waals surface area contributed by atoms with Crippen molar-refractivity contribution in [2.24, 2.45) is 0 Å². The van der Waals surface area contributed by atoms with Crippen LogP contribution in [0.2, 0.25) is 0 Å². The lowest BCUT2D eigenvalue weighted by Gasteiger charge is -2.33. The first-order chi connectivity index (χ1) is 12.4. The fourth-order valence-electron chi connectivity index (χ4n) is 3.15. The molecule has 1 saturated heterocycles. The van der Waals surface area contributed by atoms with E-state index in [1.165, 1.54) is 0 Å². The quantitative estimate of drug-likeness (QED) is 0.805. The number of pyridine rings is 1. The Morgan fingerprint density at radius 3 is 2.65 bits per heavy atom. The first-order valence-corrected chi connectivity index (χ1v) is 9.01. The van der Waals surface area contributed by atoms with Crippen LogP contribution in [0.4, 0.5) is 4.79 Å². The molecule has 0 saturated carbocycles. The number of ether oxygens (including phenoxy) is 2. The lowest BCUT2D eigenvalue weighted by molar-refractivity contribution is 0.0126. The normalized spacial score (nSPS) is 15.7. The summed E-state index contributed by atoms with van der Waals surface area (Å²) >= 11 is 0. The fraction of sp³-hybridized carbons (Fsp3) is 0.429. The summed E-state index contributed by atoms with van der Waals surface area (Å²) < 4.78 is 11.7. The molecule has 3 rings (SSSR count). The van der Waals surface area contributed by atoms with Crippen molar-refractivity contribution in [1.29, 1.82) is 0 Å². The summed E-state index contributed by atoms with van der Waals surface area (Å²) in [6.45, 7) is 10.9. The van der Waals surface area contributed by atoms with E-state index in [-0.39, 0.29) is 12.2 Å². The van der Waals surface area contributed by atoms with Crippen molar-refractivity contribution < 1.29 is 14.3 Å². The summed E-state index contributed by atoms with van der Waals surface area (Å²) in [5, 5.41) is 2.15. The molecule has 5 nitrogen and oxygen atoms in total. The Hall–Kier alpha value is -2.56. The second kappa shape index (κ2) is 7.36. The molecule has 0 spiro atoms. The molecule has 138 valence electrons. The third-order valence-electron chi connectivity index (χ3n) is 4.41. The monoisotopic (exact) mass is 354 g/mol. The van der Waals surface area contributed by atoms with Gasteiger partial charge in [-0.25, -0.2) is 4.79 Å². The minimum atomic E-state index is -0.469. The molecule has 2 heterocycles. The number of hydrogen-bond acceptors (Lipinski definition) is 4. The van der Waals surface area contributed by atoms with Gasteiger partial charge in [-0.05, 0) is 44.4 Å². The zero-order valence-electron chi connectivity index (χ0n) is 15.7. The highest BCUT2D eigenvalue weighted by atomic mass is 16.6. The van der Waals surface area contributed by atoms with E-state index in [2.05, 4.69) is 11.6 Å². The van der Waals surface area contributed by atoms with Gasteiger partial charge in [0.05, 0.1) is 0 Å². The molecule has 1 aliphatic rings. The predicted octanol–water partition coefficient (Wildman–Crippen LogP) is 4.66. The minimum absolute atomic E-state index is 0.0756. The van der Waals surface area contributed by atoms with E-state index in [4.69, 9.17) is 9.47 Å². The van der Waals surface area contributed by atoms with Gasteiger partial charge in [-0.2, -0.15) is 0 Å². The third-order valence-corrected chi connectivity index (χ3v) is 4.41. The number of rotatable bonds is 3. The van der Waals surface area contributed by atoms with Gasteiger partial charge in [0.15, 0.2) is 0 Å². The number of carbonyl (C=O) groups excluding carboxylic acids is 1. The summed E-state index contributed by atoms with van der Waals surface area (Å²) in [5.74, 6) is 0.828. The van der Waals surface area contributed by atoms with Crippen LogP contribution in [-0.2, 0) is 4.74 Å². The molecule has 1 aromatic carbocycles. The summed E-state index contributed by atoms with van der Waals surface area (Å²) in [5.41, 5.74) is 0.517. The second-order valence-electron chi connectivity index (χ2n) is 7.56. The van der Waals surface area contributed by atoms with E-state index in [1.54, 1.807) is 11.1 Å². The number of hydrogen-bond donors (Lipinski definition) is 0. The number of fused-ring (bicyclic) bond motifs is 1. The number of aromatic nitrogens is 1. The molecule has 26 heavy (non-hydrogen) atoms. The van der Waals surface area contributed by atoms with Gasteiger partial charge >= 0.3 is 6.09 Å². The minimum Gasteiger partial charge on any atom is -0.490 e. The van der Waals surface area contributed by atoms with Crippen LogP contribution in [-0.4, -0.2) is 40.8 Å². The Kier molecular flexibility index (Phi) is 5.16. The van der Waals surface area contributed by atoms with Crippen LogP contribution >= 0.6 is 0 Å². The van der Waals surface area contributed by atoms with Crippen molar-refractivity contribution in [3.05, 3.63) is 42.7 Å². The van der Waals surface area contributed by atoms with Crippen LogP contribution in [0.1, 0.15) is 39.2 Å². The molecule has 0 aliphatic carbocycles. The molecule has 2 aromatic rings. The lowest BCUT2D eigenvalue weighted by atomic mass is 10.0. The van der Waals surface area contributed by atoms with Crippen molar-refractivity contribution in [2.45, 2.75) is 45.3 Å². The van der Waals surface area contributed by atoms with Crippen molar-refractivity contribution in [3.63, 3.8) is 0 Å². The van der Waals surface area contributed by atoms with Gasteiger partial charge in [0.1, 0.15) is 17.5 Å². The highest BCUT2D eigenvalue weighted by molar-refractivity contribution is 5.92. The van der Waals surface area contributed by atoms with E-state index < -0.39 is 5.60 Å². The molecule has 1 aliphatic heterocycles. The number of benzene rings is 1.